The molecule has 4 nitrogen and oxygen atoms in total. The molecule has 1 heterocycles. The van der Waals surface area contributed by atoms with Crippen LogP contribution in [0.2, 0.25) is 10.0 Å². The summed E-state index contributed by atoms with van der Waals surface area (Å²) in [6.45, 7) is 1.90. The number of carbonyl (C=O) groups is 1. The molecule has 2 atom stereocenters. The van der Waals surface area contributed by atoms with E-state index in [4.69, 9.17) is 27.9 Å². The van der Waals surface area contributed by atoms with Gasteiger partial charge in [-0.15, -0.1) is 12.4 Å². The van der Waals surface area contributed by atoms with E-state index >= 15 is 0 Å². The van der Waals surface area contributed by atoms with Crippen LogP contribution in [0.15, 0.2) is 42.5 Å². The Morgan fingerprint density at radius 2 is 1.81 bits per heavy atom. The Bertz CT molecular complexity index is 910. The first-order chi connectivity index (χ1) is 14.6. The van der Waals surface area contributed by atoms with E-state index in [1.807, 2.05) is 4.90 Å². The van der Waals surface area contributed by atoms with Gasteiger partial charge in [0, 0.05) is 18.1 Å². The number of rotatable bonds is 7. The molecule has 176 valence electrons. The predicted octanol–water partition coefficient (Wildman–Crippen LogP) is 6.34. The topological polar surface area (TPSA) is 49.8 Å². The van der Waals surface area contributed by atoms with Crippen molar-refractivity contribution < 1.29 is 27.8 Å². The van der Waals surface area contributed by atoms with Crippen molar-refractivity contribution in [3.05, 3.63) is 69.2 Å². The maximum atomic E-state index is 13.3. The van der Waals surface area contributed by atoms with E-state index in [1.54, 1.807) is 24.3 Å². The third-order valence-electron chi connectivity index (χ3n) is 5.32. The van der Waals surface area contributed by atoms with E-state index < -0.39 is 29.7 Å². The lowest BCUT2D eigenvalue weighted by Gasteiger charge is -2.31. The molecular formula is C22H23Cl3F3NO3. The number of carboxylic acids is 1. The van der Waals surface area contributed by atoms with Gasteiger partial charge in [-0.2, -0.15) is 13.2 Å². The maximum Gasteiger partial charge on any atom is 0.417 e. The van der Waals surface area contributed by atoms with Crippen LogP contribution in [0.3, 0.4) is 0 Å². The standard InChI is InChI=1S/C22H22Cl2F3NO3.ClH/c23-17-6-3-14(4-7-17)20(15-5-8-19(24)18(12-15)22(25,26)27)31-11-10-28-9-1-2-16(13-28)21(29)30;/h3-8,12,16,20H,1-2,9-11,13H2,(H,29,30);1H. The number of aliphatic carboxylic acids is 1. The molecule has 1 saturated heterocycles. The first kappa shape index (κ1) is 26.7. The minimum absolute atomic E-state index is 0. The second-order valence-electron chi connectivity index (χ2n) is 7.52. The van der Waals surface area contributed by atoms with Gasteiger partial charge in [-0.1, -0.05) is 41.4 Å². The minimum atomic E-state index is -4.59. The zero-order valence-corrected chi connectivity index (χ0v) is 19.3. The van der Waals surface area contributed by atoms with Crippen LogP contribution >= 0.6 is 35.6 Å². The van der Waals surface area contributed by atoms with Crippen molar-refractivity contribution in [3.8, 4) is 0 Å². The number of halogens is 6. The molecule has 1 fully saturated rings. The van der Waals surface area contributed by atoms with Crippen LogP contribution in [0.4, 0.5) is 13.2 Å². The summed E-state index contributed by atoms with van der Waals surface area (Å²) in [5, 5.41) is 9.36. The van der Waals surface area contributed by atoms with Gasteiger partial charge in [-0.25, -0.2) is 0 Å². The number of ether oxygens (including phenoxy) is 1. The zero-order chi connectivity index (χ0) is 22.6. The molecule has 0 saturated carbocycles. The van der Waals surface area contributed by atoms with E-state index in [0.717, 1.165) is 19.0 Å². The highest BCUT2D eigenvalue weighted by molar-refractivity contribution is 6.31. The number of benzene rings is 2. The van der Waals surface area contributed by atoms with Gasteiger partial charge in [0.1, 0.15) is 6.10 Å². The number of hydrogen-bond donors (Lipinski definition) is 1. The summed E-state index contributed by atoms with van der Waals surface area (Å²) in [4.78, 5) is 13.3. The fraction of sp³-hybridized carbons (Fsp3) is 0.409. The SMILES string of the molecule is Cl.O=C(O)C1CCCN(CCOC(c2ccc(Cl)cc2)c2ccc(Cl)c(C(F)(F)F)c2)C1. The molecule has 2 aromatic carbocycles. The van der Waals surface area contributed by atoms with Crippen LogP contribution in [-0.4, -0.2) is 42.2 Å². The highest BCUT2D eigenvalue weighted by atomic mass is 35.5. The van der Waals surface area contributed by atoms with Gasteiger partial charge >= 0.3 is 12.1 Å². The van der Waals surface area contributed by atoms with Gasteiger partial charge < -0.3 is 14.7 Å². The molecule has 1 aliphatic rings. The lowest BCUT2D eigenvalue weighted by atomic mass is 9.98. The second kappa shape index (κ2) is 11.6. The number of likely N-dealkylation sites (tertiary alicyclic amines) is 1. The summed E-state index contributed by atoms with van der Waals surface area (Å²) in [7, 11) is 0. The summed E-state index contributed by atoms with van der Waals surface area (Å²) in [5.41, 5.74) is 0.0533. The molecule has 1 aliphatic heterocycles. The average molecular weight is 513 g/mol. The molecule has 2 aromatic rings. The summed E-state index contributed by atoms with van der Waals surface area (Å²) < 4.78 is 46.1. The fourth-order valence-corrected chi connectivity index (χ4v) is 4.06. The number of alkyl halides is 3. The Morgan fingerprint density at radius 3 is 2.44 bits per heavy atom. The van der Waals surface area contributed by atoms with Gasteiger partial charge in [-0.05, 0) is 54.8 Å². The van der Waals surface area contributed by atoms with Crippen molar-refractivity contribution in [1.82, 2.24) is 4.90 Å². The van der Waals surface area contributed by atoms with Crippen molar-refractivity contribution in [3.63, 3.8) is 0 Å². The van der Waals surface area contributed by atoms with Gasteiger partial charge in [0.2, 0.25) is 0 Å². The van der Waals surface area contributed by atoms with Crippen molar-refractivity contribution in [2.45, 2.75) is 25.1 Å². The van der Waals surface area contributed by atoms with E-state index in [9.17, 15) is 23.1 Å². The van der Waals surface area contributed by atoms with Gasteiger partial charge in [0.15, 0.2) is 0 Å². The molecule has 0 aromatic heterocycles. The highest BCUT2D eigenvalue weighted by Gasteiger charge is 2.34. The predicted molar refractivity (Wildman–Crippen MR) is 120 cm³/mol. The molecular weight excluding hydrogens is 490 g/mol. The number of nitrogens with zero attached hydrogens (tertiary/aromatic N) is 1. The molecule has 10 heteroatoms. The maximum absolute atomic E-state index is 13.3. The van der Waals surface area contributed by atoms with Crippen LogP contribution in [0.1, 0.15) is 35.6 Å². The Labute approximate surface area is 200 Å². The molecule has 0 aliphatic carbocycles. The van der Waals surface area contributed by atoms with E-state index in [-0.39, 0.29) is 24.0 Å². The second-order valence-corrected chi connectivity index (χ2v) is 8.36. The minimum Gasteiger partial charge on any atom is -0.481 e. The van der Waals surface area contributed by atoms with Crippen LogP contribution in [0.5, 0.6) is 0 Å². The third-order valence-corrected chi connectivity index (χ3v) is 5.90. The lowest BCUT2D eigenvalue weighted by molar-refractivity contribution is -0.143. The molecule has 0 amide bonds. The van der Waals surface area contributed by atoms with Crippen molar-refractivity contribution >= 4 is 41.6 Å². The van der Waals surface area contributed by atoms with Crippen molar-refractivity contribution in [1.29, 1.82) is 0 Å². The van der Waals surface area contributed by atoms with E-state index in [1.165, 1.54) is 12.1 Å². The summed E-state index contributed by atoms with van der Waals surface area (Å²) in [5.74, 6) is -1.23. The van der Waals surface area contributed by atoms with Crippen LogP contribution in [0.25, 0.3) is 0 Å². The average Bonchev–Trinajstić information content (AvgIpc) is 2.72. The molecule has 0 spiro atoms. The largest absolute Gasteiger partial charge is 0.481 e. The van der Waals surface area contributed by atoms with Crippen LogP contribution in [0, 0.1) is 5.92 Å². The molecule has 3 rings (SSSR count). The zero-order valence-electron chi connectivity index (χ0n) is 16.9. The monoisotopic (exact) mass is 511 g/mol. The summed E-state index contributed by atoms with van der Waals surface area (Å²) in [6, 6.07) is 10.4. The lowest BCUT2D eigenvalue weighted by Crippen LogP contribution is -2.40. The van der Waals surface area contributed by atoms with Crippen LogP contribution < -0.4 is 0 Å². The summed E-state index contributed by atoms with van der Waals surface area (Å²) in [6.07, 6.45) is -3.91. The summed E-state index contributed by atoms with van der Waals surface area (Å²) >= 11 is 11.7. The Morgan fingerprint density at radius 1 is 1.16 bits per heavy atom. The van der Waals surface area contributed by atoms with Gasteiger partial charge in [0.25, 0.3) is 0 Å². The molecule has 2 unspecified atom stereocenters. The normalized spacial score (nSPS) is 18.1. The van der Waals surface area contributed by atoms with Crippen LogP contribution in [-0.2, 0) is 15.7 Å². The first-order valence-corrected chi connectivity index (χ1v) is 10.6. The Kier molecular flexibility index (Phi) is 9.67. The molecule has 0 radical (unpaired) electrons. The quantitative estimate of drug-likeness (QED) is 0.470. The van der Waals surface area contributed by atoms with Gasteiger partial charge in [-0.3, -0.25) is 4.79 Å². The molecule has 1 N–H and O–H groups in total. The van der Waals surface area contributed by atoms with E-state index in [2.05, 4.69) is 0 Å². The molecule has 32 heavy (non-hydrogen) atoms. The van der Waals surface area contributed by atoms with E-state index in [0.29, 0.717) is 35.7 Å². The molecule has 0 bridgehead atoms. The van der Waals surface area contributed by atoms with Gasteiger partial charge in [0.05, 0.1) is 23.1 Å². The third kappa shape index (κ3) is 6.99. The number of piperidine rings is 1. The van der Waals surface area contributed by atoms with Crippen molar-refractivity contribution in [2.24, 2.45) is 5.92 Å². The first-order valence-electron chi connectivity index (χ1n) is 9.84. The van der Waals surface area contributed by atoms with Crippen molar-refractivity contribution in [2.75, 3.05) is 26.2 Å². The highest BCUT2D eigenvalue weighted by Crippen LogP contribution is 2.38. The fourth-order valence-electron chi connectivity index (χ4n) is 3.71. The number of hydrogen-bond acceptors (Lipinski definition) is 3. The Hall–Kier alpha value is -1.51. The Balaban J connectivity index is 0.00000363. The number of carboxylic acid groups (broad SMARTS) is 1. The smallest absolute Gasteiger partial charge is 0.417 e.